The molecule has 2 atom stereocenters. The van der Waals surface area contributed by atoms with Gasteiger partial charge in [-0.25, -0.2) is 4.79 Å². The van der Waals surface area contributed by atoms with Gasteiger partial charge >= 0.3 is 12.3 Å². The normalized spacial score (nSPS) is 15.6. The number of nitrogens with zero attached hydrogens (tertiary/aromatic N) is 1. The van der Waals surface area contributed by atoms with E-state index in [1.165, 1.54) is 17.0 Å². The highest BCUT2D eigenvalue weighted by Gasteiger charge is 2.42. The molecule has 0 spiro atoms. The number of alkyl halides is 3. The minimum absolute atomic E-state index is 0.0716. The lowest BCUT2D eigenvalue weighted by Crippen LogP contribution is -2.56. The van der Waals surface area contributed by atoms with Crippen LogP contribution in [0.15, 0.2) is 36.4 Å². The van der Waals surface area contributed by atoms with Crippen LogP contribution in [-0.2, 0) is 10.6 Å². The number of benzene rings is 1. The molecule has 0 aliphatic carbocycles. The van der Waals surface area contributed by atoms with Crippen molar-refractivity contribution in [3.63, 3.8) is 0 Å². The van der Waals surface area contributed by atoms with Gasteiger partial charge in [-0.3, -0.25) is 4.90 Å². The number of halogens is 3. The summed E-state index contributed by atoms with van der Waals surface area (Å²) >= 11 is 0. The zero-order valence-corrected chi connectivity index (χ0v) is 21.7. The van der Waals surface area contributed by atoms with Gasteiger partial charge in [0.25, 0.3) is 0 Å². The van der Waals surface area contributed by atoms with Gasteiger partial charge in [-0.05, 0) is 63.5 Å². The number of rotatable bonds is 7. The molecule has 4 nitrogen and oxygen atoms in total. The molecule has 0 heterocycles. The third kappa shape index (κ3) is 7.10. The number of allylic oxidation sites excluding steroid dienone is 1. The summed E-state index contributed by atoms with van der Waals surface area (Å²) in [7, 11) is -2.20. The van der Waals surface area contributed by atoms with Crippen LogP contribution >= 0.6 is 0 Å². The molecule has 0 bridgehead atoms. The van der Waals surface area contributed by atoms with Crippen molar-refractivity contribution in [3.05, 3.63) is 47.5 Å². The second-order valence-corrected chi connectivity index (χ2v) is 15.4. The molecule has 1 N–H and O–H groups in total. The monoisotopic (exact) mass is 473 g/mol. The third-order valence-corrected chi connectivity index (χ3v) is 10.6. The molecule has 0 aromatic heterocycles. The van der Waals surface area contributed by atoms with E-state index in [-0.39, 0.29) is 11.6 Å². The van der Waals surface area contributed by atoms with Crippen LogP contribution in [0.4, 0.5) is 18.0 Å². The fraction of sp³-hybridized carbons (Fsp3) is 0.625. The Labute approximate surface area is 191 Å². The number of carbonyl (C=O) groups is 1. The molecule has 0 saturated heterocycles. The first-order valence-electron chi connectivity index (χ1n) is 10.8. The minimum Gasteiger partial charge on any atom is -0.465 e. The van der Waals surface area contributed by atoms with Gasteiger partial charge in [0.2, 0.25) is 0 Å². The average Bonchev–Trinajstić information content (AvgIpc) is 2.60. The summed E-state index contributed by atoms with van der Waals surface area (Å²) in [5, 5.41) is 10.0. The Kier molecular flexibility index (Phi) is 8.82. The Hall–Kier alpha value is -1.80. The maximum atomic E-state index is 13.1. The first-order chi connectivity index (χ1) is 14.3. The third-order valence-electron chi connectivity index (χ3n) is 6.12. The van der Waals surface area contributed by atoms with Gasteiger partial charge < -0.3 is 9.53 Å². The minimum atomic E-state index is -4.43. The van der Waals surface area contributed by atoms with Crippen LogP contribution in [0.1, 0.15) is 65.5 Å². The van der Waals surface area contributed by atoms with E-state index < -0.39 is 43.6 Å². The fourth-order valence-corrected chi connectivity index (χ4v) is 4.36. The molecule has 32 heavy (non-hydrogen) atoms. The highest BCUT2D eigenvalue weighted by atomic mass is 28.4. The van der Waals surface area contributed by atoms with Crippen LogP contribution in [0.3, 0.4) is 0 Å². The molecule has 0 aliphatic heterocycles. The van der Waals surface area contributed by atoms with E-state index in [1.807, 2.05) is 13.0 Å². The largest absolute Gasteiger partial charge is 0.465 e. The lowest BCUT2D eigenvalue weighted by atomic mass is 9.87. The molecular weight excluding hydrogens is 435 g/mol. The van der Waals surface area contributed by atoms with Crippen molar-refractivity contribution in [3.8, 4) is 0 Å². The lowest BCUT2D eigenvalue weighted by molar-refractivity contribution is -0.137. The predicted molar refractivity (Wildman–Crippen MR) is 126 cm³/mol. The Bertz CT molecular complexity index is 791. The average molecular weight is 474 g/mol. The highest BCUT2D eigenvalue weighted by molar-refractivity contribution is 6.74. The molecule has 1 aromatic carbocycles. The standard InChI is InChI=1S/C24H38F3NO3Si/c1-10-11-19(17-12-14-18(15-13-17)24(25,26)27)20(28(21(29)30)22(2,3)4)16-31-32(8,9)23(5,6)7/h10-15,19-20H,16H2,1-9H3,(H,29,30)/t19-,20+/m1/s1. The topological polar surface area (TPSA) is 49.8 Å². The van der Waals surface area contributed by atoms with Crippen LogP contribution < -0.4 is 0 Å². The van der Waals surface area contributed by atoms with Crippen LogP contribution in [0.25, 0.3) is 0 Å². The van der Waals surface area contributed by atoms with Gasteiger partial charge in [0.05, 0.1) is 18.2 Å². The summed E-state index contributed by atoms with van der Waals surface area (Å²) in [6, 6.07) is 4.32. The van der Waals surface area contributed by atoms with Gasteiger partial charge in [-0.15, -0.1) is 0 Å². The van der Waals surface area contributed by atoms with Gasteiger partial charge in [0.1, 0.15) is 0 Å². The van der Waals surface area contributed by atoms with Crippen molar-refractivity contribution in [2.45, 2.75) is 90.3 Å². The summed E-state index contributed by atoms with van der Waals surface area (Å²) in [6.07, 6.45) is -1.89. The van der Waals surface area contributed by atoms with E-state index in [1.54, 1.807) is 26.8 Å². The van der Waals surface area contributed by atoms with E-state index in [2.05, 4.69) is 33.9 Å². The number of hydrogen-bond donors (Lipinski definition) is 1. The van der Waals surface area contributed by atoms with Crippen LogP contribution in [0, 0.1) is 0 Å². The van der Waals surface area contributed by atoms with Gasteiger partial charge in [0, 0.05) is 11.5 Å². The summed E-state index contributed by atoms with van der Waals surface area (Å²) in [6.45, 7) is 17.9. The summed E-state index contributed by atoms with van der Waals surface area (Å²) in [5.41, 5.74) is -0.866. The Morgan fingerprint density at radius 2 is 1.59 bits per heavy atom. The fourth-order valence-electron chi connectivity index (χ4n) is 3.34. The molecule has 1 rings (SSSR count). The Morgan fingerprint density at radius 3 is 1.94 bits per heavy atom. The molecule has 1 amide bonds. The summed E-state index contributed by atoms with van der Waals surface area (Å²) in [4.78, 5) is 13.7. The molecular formula is C24H38F3NO3Si. The molecule has 0 fully saturated rings. The van der Waals surface area contributed by atoms with E-state index in [0.717, 1.165) is 12.1 Å². The SMILES string of the molecule is CC=C[C@H](c1ccc(C(F)(F)F)cc1)[C@H](CO[Si](C)(C)C(C)(C)C)N(C(=O)O)C(C)(C)C. The molecule has 0 unspecified atom stereocenters. The van der Waals surface area contributed by atoms with E-state index in [9.17, 15) is 23.1 Å². The molecule has 1 aromatic rings. The second-order valence-electron chi connectivity index (χ2n) is 10.6. The zero-order chi connectivity index (χ0) is 25.1. The highest BCUT2D eigenvalue weighted by Crippen LogP contribution is 2.39. The van der Waals surface area contributed by atoms with Crippen molar-refractivity contribution >= 4 is 14.4 Å². The first kappa shape index (κ1) is 28.2. The van der Waals surface area contributed by atoms with Crippen LogP contribution in [0.2, 0.25) is 18.1 Å². The van der Waals surface area contributed by atoms with Gasteiger partial charge in [-0.1, -0.05) is 45.1 Å². The maximum absolute atomic E-state index is 13.1. The Morgan fingerprint density at radius 1 is 1.09 bits per heavy atom. The van der Waals surface area contributed by atoms with E-state index >= 15 is 0 Å². The van der Waals surface area contributed by atoms with Crippen molar-refractivity contribution in [2.24, 2.45) is 0 Å². The molecule has 0 aliphatic rings. The zero-order valence-electron chi connectivity index (χ0n) is 20.7. The van der Waals surface area contributed by atoms with E-state index in [0.29, 0.717) is 5.56 Å². The van der Waals surface area contributed by atoms with E-state index in [4.69, 9.17) is 4.43 Å². The maximum Gasteiger partial charge on any atom is 0.416 e. The number of amides is 1. The van der Waals surface area contributed by atoms with Crippen molar-refractivity contribution in [1.29, 1.82) is 0 Å². The quantitative estimate of drug-likeness (QED) is 0.329. The van der Waals surface area contributed by atoms with Gasteiger partial charge in [-0.2, -0.15) is 13.2 Å². The molecule has 0 radical (unpaired) electrons. The van der Waals surface area contributed by atoms with Crippen molar-refractivity contribution in [2.75, 3.05) is 6.61 Å². The van der Waals surface area contributed by atoms with Crippen molar-refractivity contribution < 1.29 is 27.5 Å². The lowest BCUT2D eigenvalue weighted by Gasteiger charge is -2.45. The smallest absolute Gasteiger partial charge is 0.416 e. The van der Waals surface area contributed by atoms with Gasteiger partial charge in [0.15, 0.2) is 8.32 Å². The Balaban J connectivity index is 3.54. The predicted octanol–water partition coefficient (Wildman–Crippen LogP) is 7.53. The number of hydrogen-bond acceptors (Lipinski definition) is 2. The number of carboxylic acid groups (broad SMARTS) is 1. The second kappa shape index (κ2) is 9.99. The van der Waals surface area contributed by atoms with Crippen molar-refractivity contribution in [1.82, 2.24) is 4.90 Å². The molecule has 0 saturated carbocycles. The molecule has 182 valence electrons. The van der Waals surface area contributed by atoms with Crippen LogP contribution in [0.5, 0.6) is 0 Å². The summed E-state index contributed by atoms with van der Waals surface area (Å²) in [5.74, 6) is -0.470. The first-order valence-corrected chi connectivity index (χ1v) is 13.7. The molecule has 8 heteroatoms. The summed E-state index contributed by atoms with van der Waals surface area (Å²) < 4.78 is 45.6. The van der Waals surface area contributed by atoms with Crippen LogP contribution in [-0.4, -0.2) is 42.6 Å².